The molecule has 0 fully saturated rings. The van der Waals surface area contributed by atoms with Gasteiger partial charge in [-0.25, -0.2) is 4.98 Å². The van der Waals surface area contributed by atoms with Crippen LogP contribution in [-0.4, -0.2) is 43.1 Å². The van der Waals surface area contributed by atoms with Gasteiger partial charge in [0.15, 0.2) is 0 Å². The predicted octanol–water partition coefficient (Wildman–Crippen LogP) is 12.5. The number of isothiocyanates is 1. The third-order valence-electron chi connectivity index (χ3n) is 9.67. The summed E-state index contributed by atoms with van der Waals surface area (Å²) in [4.78, 5) is 41.7. The number of nitrogens with zero attached hydrogens (tertiary/aromatic N) is 7. The molecule has 0 aromatic carbocycles. The molecule has 0 bridgehead atoms. The first kappa shape index (κ1) is 53.5. The standard InChI is InChI=1S/C29H25N3O4S.C19H19F3N3S.CNS.Ru/c1-2-3-4-5-6-22-11-14-37-29(22)8-7-21-9-12-30-25(15-21)27-17-24(36-20-34)18-28(32-27)26-16-23(35-19-33)10-13-31-26;1-2-3-4-5-6-15-9-14(12-26-15)13-7-8-23-16(10-13)17-11-18(25-24-17)19(20,21)22;2-1-3;/h9-20H,2-6H2,1H3;7-12H,2-6H2,1H3;;/q;2*-1;+2. The van der Waals surface area contributed by atoms with E-state index in [0.717, 1.165) is 40.5 Å². The van der Waals surface area contributed by atoms with Crippen LogP contribution in [0.3, 0.4) is 0 Å². The van der Waals surface area contributed by atoms with Crippen LogP contribution in [0.2, 0.25) is 0 Å². The number of pyridine rings is 4. The second kappa shape index (κ2) is 28.2. The number of ether oxygens (including phenoxy) is 2. The Morgan fingerprint density at radius 2 is 1.34 bits per heavy atom. The summed E-state index contributed by atoms with van der Waals surface area (Å²) in [6.07, 6.45) is 12.1. The molecule has 0 atom stereocenters. The Labute approximate surface area is 413 Å². The molecule has 7 aromatic heterocycles. The number of hydrogen-bond donors (Lipinski definition) is 0. The van der Waals surface area contributed by atoms with E-state index in [1.165, 1.54) is 73.2 Å². The molecule has 0 aliphatic heterocycles. The molecule has 0 spiro atoms. The Hall–Kier alpha value is -6.08. The molecule has 0 radical (unpaired) electrons. The molecule has 7 rings (SSSR count). The summed E-state index contributed by atoms with van der Waals surface area (Å²) in [7, 11) is 0. The second-order valence-corrected chi connectivity index (χ2v) is 16.5. The van der Waals surface area contributed by atoms with Crippen LogP contribution < -0.4 is 14.6 Å². The molecule has 0 N–H and O–H groups in total. The zero-order valence-corrected chi connectivity index (χ0v) is 40.6. The number of unbranched alkanes of at least 4 members (excludes halogenated alkanes) is 6. The fourth-order valence-corrected chi connectivity index (χ4v) is 8.17. The van der Waals surface area contributed by atoms with Gasteiger partial charge in [0.05, 0.1) is 27.7 Å². The normalized spacial score (nSPS) is 10.4. The molecule has 346 valence electrons. The quantitative estimate of drug-likeness (QED) is 0.0201. The van der Waals surface area contributed by atoms with Gasteiger partial charge in [-0.3, -0.25) is 24.5 Å². The van der Waals surface area contributed by atoms with Gasteiger partial charge in [0.2, 0.25) is 0 Å². The van der Waals surface area contributed by atoms with E-state index in [1.807, 2.05) is 18.2 Å². The van der Waals surface area contributed by atoms with Gasteiger partial charge < -0.3 is 25.1 Å². The van der Waals surface area contributed by atoms with Crippen LogP contribution >= 0.6 is 34.9 Å². The van der Waals surface area contributed by atoms with Crippen molar-refractivity contribution in [2.75, 3.05) is 0 Å². The van der Waals surface area contributed by atoms with Crippen LogP contribution in [0.15, 0.2) is 96.1 Å². The molecular weight excluding hydrogens is 1000 g/mol. The van der Waals surface area contributed by atoms with E-state index in [1.54, 1.807) is 65.4 Å². The first-order valence-corrected chi connectivity index (χ1v) is 23.1. The third-order valence-corrected chi connectivity index (χ3v) is 11.5. The summed E-state index contributed by atoms with van der Waals surface area (Å²) in [5.41, 5.74) is 5.50. The van der Waals surface area contributed by atoms with Crippen LogP contribution in [0.4, 0.5) is 13.2 Å². The zero-order valence-electron chi connectivity index (χ0n) is 36.4. The summed E-state index contributed by atoms with van der Waals surface area (Å²) < 4.78 is 48.1. The number of hydrogen-bond acceptors (Lipinski definition) is 12. The molecule has 0 aliphatic carbocycles. The molecule has 0 saturated carbocycles. The van der Waals surface area contributed by atoms with Gasteiger partial charge in [0.25, 0.3) is 12.9 Å². The maximum Gasteiger partial charge on any atom is 2.00 e. The van der Waals surface area contributed by atoms with Crippen molar-refractivity contribution in [2.24, 2.45) is 0 Å². The summed E-state index contributed by atoms with van der Waals surface area (Å²) in [5, 5.41) is 19.5. The minimum absolute atomic E-state index is 0. The molecular formula is C49H44F3N7O4RuS3. The Balaban J connectivity index is 0.000000287. The van der Waals surface area contributed by atoms with E-state index in [2.05, 4.69) is 90.9 Å². The number of thiophene rings is 2. The number of rotatable bonds is 18. The summed E-state index contributed by atoms with van der Waals surface area (Å²) in [6.45, 7) is 5.09. The van der Waals surface area contributed by atoms with Crippen molar-refractivity contribution in [2.45, 2.75) is 84.2 Å². The minimum atomic E-state index is -4.50. The number of carbonyl (C=O) groups excluding carboxylic acids is 2. The predicted molar refractivity (Wildman–Crippen MR) is 255 cm³/mol. The van der Waals surface area contributed by atoms with Crippen LogP contribution in [0.1, 0.15) is 91.8 Å². The van der Waals surface area contributed by atoms with Crippen molar-refractivity contribution >= 4 is 53.0 Å². The SMILES string of the molecule is CCCCCCc1cc(-c2ccnc(-c3cc(C(F)(F)F)n[n-]3)c2)cs1.CCCCCCc1ccsc1C#Cc1ccnc(-c2cc(OC=O)cc(-c3cc(OC=O)ccn3)n2)c1.[N-]=C=S.[Ru+2]. The van der Waals surface area contributed by atoms with Gasteiger partial charge in [-0.2, -0.15) is 18.3 Å². The third kappa shape index (κ3) is 16.9. The van der Waals surface area contributed by atoms with Crippen molar-refractivity contribution in [3.8, 4) is 68.6 Å². The average molecular weight is 1050 g/mol. The fraction of sp³-hybridized carbons (Fsp3) is 0.265. The zero-order chi connectivity index (χ0) is 47.2. The topological polar surface area (TPSA) is 153 Å². The van der Waals surface area contributed by atoms with E-state index < -0.39 is 11.9 Å². The van der Waals surface area contributed by atoms with E-state index in [-0.39, 0.29) is 30.9 Å². The van der Waals surface area contributed by atoms with E-state index >= 15 is 0 Å². The first-order chi connectivity index (χ1) is 32.1. The van der Waals surface area contributed by atoms with Crippen molar-refractivity contribution < 1.29 is 51.7 Å². The van der Waals surface area contributed by atoms with Gasteiger partial charge >= 0.3 is 25.7 Å². The number of aryl methyl sites for hydroxylation is 2. The summed E-state index contributed by atoms with van der Waals surface area (Å²) >= 11 is 7.07. The van der Waals surface area contributed by atoms with E-state index in [9.17, 15) is 22.8 Å². The fourth-order valence-electron chi connectivity index (χ4n) is 6.43. The number of thiocarbonyl (C=S) groups is 1. The molecule has 0 aliphatic rings. The molecule has 0 saturated heterocycles. The van der Waals surface area contributed by atoms with Gasteiger partial charge in [0.1, 0.15) is 17.2 Å². The molecule has 11 nitrogen and oxygen atoms in total. The van der Waals surface area contributed by atoms with Crippen LogP contribution in [0, 0.1) is 11.8 Å². The Kier molecular flexibility index (Phi) is 22.5. The second-order valence-electron chi connectivity index (χ2n) is 14.4. The largest absolute Gasteiger partial charge is 2.00 e. The summed E-state index contributed by atoms with van der Waals surface area (Å²) in [6, 6.07) is 18.9. The molecule has 0 amide bonds. The van der Waals surface area contributed by atoms with Crippen molar-refractivity contribution in [3.63, 3.8) is 0 Å². The maximum absolute atomic E-state index is 12.7. The Bertz CT molecular complexity index is 2760. The van der Waals surface area contributed by atoms with E-state index in [4.69, 9.17) is 14.9 Å². The van der Waals surface area contributed by atoms with Crippen molar-refractivity contribution in [1.82, 2.24) is 30.1 Å². The molecule has 7 aromatic rings. The van der Waals surface area contributed by atoms with Crippen LogP contribution in [0.5, 0.6) is 11.5 Å². The number of halogens is 3. The first-order valence-electron chi connectivity index (χ1n) is 21.0. The average Bonchev–Trinajstić information content (AvgIpc) is 4.12. The molecule has 7 heterocycles. The van der Waals surface area contributed by atoms with Crippen molar-refractivity contribution in [3.05, 3.63) is 128 Å². The molecule has 18 heteroatoms. The van der Waals surface area contributed by atoms with Crippen molar-refractivity contribution in [1.29, 1.82) is 0 Å². The Morgan fingerprint density at radius 1 is 0.716 bits per heavy atom. The van der Waals surface area contributed by atoms with Crippen LogP contribution in [0.25, 0.3) is 50.7 Å². The number of carbonyl (C=O) groups is 2. The monoisotopic (exact) mass is 1050 g/mol. The van der Waals surface area contributed by atoms with E-state index in [0.29, 0.717) is 47.2 Å². The smallest absolute Gasteiger partial charge is 0.753 e. The van der Waals surface area contributed by atoms with Gasteiger partial charge in [0, 0.05) is 52.9 Å². The number of alkyl halides is 3. The molecule has 0 unspecified atom stereocenters. The van der Waals surface area contributed by atoms with Gasteiger partial charge in [-0.1, -0.05) is 82.1 Å². The number of aromatic nitrogens is 6. The minimum Gasteiger partial charge on any atom is -0.753 e. The molecule has 67 heavy (non-hydrogen) atoms. The van der Waals surface area contributed by atoms with Gasteiger partial charge in [-0.15, -0.1) is 22.7 Å². The Morgan fingerprint density at radius 3 is 2.01 bits per heavy atom. The van der Waals surface area contributed by atoms with Crippen LogP contribution in [-0.2, 0) is 48.1 Å². The van der Waals surface area contributed by atoms with Gasteiger partial charge in [-0.05, 0) is 102 Å². The maximum atomic E-state index is 12.7. The summed E-state index contributed by atoms with van der Waals surface area (Å²) in [5.74, 6) is 7.16.